The molecule has 0 saturated heterocycles. The van der Waals surface area contributed by atoms with Gasteiger partial charge in [-0.3, -0.25) is 0 Å². The van der Waals surface area contributed by atoms with E-state index in [2.05, 4.69) is 109 Å². The normalized spacial score (nSPS) is 11.3. The van der Waals surface area contributed by atoms with Gasteiger partial charge in [-0.15, -0.1) is 0 Å². The van der Waals surface area contributed by atoms with Gasteiger partial charge in [-0.2, -0.15) is 0 Å². The van der Waals surface area contributed by atoms with E-state index in [-0.39, 0.29) is 0 Å². The summed E-state index contributed by atoms with van der Waals surface area (Å²) in [6, 6.07) is 31.8. The molecule has 3 rings (SSSR count). The van der Waals surface area contributed by atoms with Crippen LogP contribution < -0.4 is 0 Å². The highest BCUT2D eigenvalue weighted by molar-refractivity contribution is 5.63. The lowest BCUT2D eigenvalue weighted by molar-refractivity contribution is 0.363. The summed E-state index contributed by atoms with van der Waals surface area (Å²) < 4.78 is 0. The standard InChI is InChI=1S/C23H23N/c1-20(23-15-9-4-10-16-23)17-24(18-21-11-5-2-6-12-21)19-22-13-7-3-8-14-22/h2-17H,18-19H2,1H3. The predicted molar refractivity (Wildman–Crippen MR) is 102 cm³/mol. The maximum absolute atomic E-state index is 2.38. The van der Waals surface area contributed by atoms with Crippen LogP contribution in [0, 0.1) is 0 Å². The number of rotatable bonds is 6. The van der Waals surface area contributed by atoms with Crippen LogP contribution in [-0.2, 0) is 13.1 Å². The van der Waals surface area contributed by atoms with Crippen LogP contribution in [0.5, 0.6) is 0 Å². The van der Waals surface area contributed by atoms with Gasteiger partial charge in [-0.05, 0) is 29.2 Å². The largest absolute Gasteiger partial charge is 0.369 e. The fraction of sp³-hybridized carbons (Fsp3) is 0.130. The Bertz CT molecular complexity index is 719. The van der Waals surface area contributed by atoms with E-state index in [0.29, 0.717) is 0 Å². The van der Waals surface area contributed by atoms with Gasteiger partial charge in [0, 0.05) is 19.3 Å². The Morgan fingerprint density at radius 1 is 0.667 bits per heavy atom. The van der Waals surface area contributed by atoms with E-state index in [0.717, 1.165) is 13.1 Å². The first-order valence-corrected chi connectivity index (χ1v) is 8.37. The van der Waals surface area contributed by atoms with Crippen LogP contribution in [0.4, 0.5) is 0 Å². The molecule has 3 aromatic carbocycles. The molecule has 0 atom stereocenters. The van der Waals surface area contributed by atoms with Gasteiger partial charge in [-0.25, -0.2) is 0 Å². The lowest BCUT2D eigenvalue weighted by Gasteiger charge is -2.22. The molecule has 1 nitrogen and oxygen atoms in total. The third-order valence-electron chi connectivity index (χ3n) is 4.06. The third kappa shape index (κ3) is 4.60. The SMILES string of the molecule is CC(=CN(Cc1ccccc1)Cc1ccccc1)c1ccccc1. The van der Waals surface area contributed by atoms with Crippen molar-refractivity contribution in [2.24, 2.45) is 0 Å². The second kappa shape index (κ2) is 8.16. The van der Waals surface area contributed by atoms with Gasteiger partial charge < -0.3 is 4.90 Å². The summed E-state index contributed by atoms with van der Waals surface area (Å²) in [6.45, 7) is 3.98. The van der Waals surface area contributed by atoms with Crippen LogP contribution in [0.1, 0.15) is 23.6 Å². The Morgan fingerprint density at radius 3 is 1.54 bits per heavy atom. The summed E-state index contributed by atoms with van der Waals surface area (Å²) in [5.74, 6) is 0. The van der Waals surface area contributed by atoms with Crippen molar-refractivity contribution in [1.82, 2.24) is 4.90 Å². The van der Waals surface area contributed by atoms with Crippen molar-refractivity contribution in [1.29, 1.82) is 0 Å². The van der Waals surface area contributed by atoms with Gasteiger partial charge in [0.05, 0.1) is 0 Å². The zero-order chi connectivity index (χ0) is 16.6. The van der Waals surface area contributed by atoms with Gasteiger partial charge in [0.25, 0.3) is 0 Å². The molecule has 24 heavy (non-hydrogen) atoms. The molecule has 0 bridgehead atoms. The van der Waals surface area contributed by atoms with Gasteiger partial charge in [0.1, 0.15) is 0 Å². The molecule has 120 valence electrons. The van der Waals surface area contributed by atoms with E-state index >= 15 is 0 Å². The molecule has 0 saturated carbocycles. The number of hydrogen-bond acceptors (Lipinski definition) is 1. The van der Waals surface area contributed by atoms with Crippen molar-refractivity contribution in [3.05, 3.63) is 114 Å². The lowest BCUT2D eigenvalue weighted by atomic mass is 10.1. The summed E-state index contributed by atoms with van der Waals surface area (Å²) in [5.41, 5.74) is 5.20. The average molecular weight is 313 g/mol. The van der Waals surface area contributed by atoms with Crippen LogP contribution in [0.2, 0.25) is 0 Å². The summed E-state index contributed by atoms with van der Waals surface area (Å²) in [7, 11) is 0. The van der Waals surface area contributed by atoms with Crippen molar-refractivity contribution in [3.8, 4) is 0 Å². The maximum Gasteiger partial charge on any atom is 0.0427 e. The van der Waals surface area contributed by atoms with Crippen molar-refractivity contribution < 1.29 is 0 Å². The van der Waals surface area contributed by atoms with Crippen molar-refractivity contribution >= 4 is 5.57 Å². The number of hydrogen-bond donors (Lipinski definition) is 0. The minimum absolute atomic E-state index is 0.903. The summed E-state index contributed by atoms with van der Waals surface area (Å²) >= 11 is 0. The molecular formula is C23H23N. The smallest absolute Gasteiger partial charge is 0.0427 e. The number of allylic oxidation sites excluding steroid dienone is 1. The van der Waals surface area contributed by atoms with Gasteiger partial charge in [0.15, 0.2) is 0 Å². The highest BCUT2D eigenvalue weighted by Gasteiger charge is 2.05. The Morgan fingerprint density at radius 2 is 1.08 bits per heavy atom. The molecule has 0 amide bonds. The Labute approximate surface area is 144 Å². The van der Waals surface area contributed by atoms with E-state index in [9.17, 15) is 0 Å². The highest BCUT2D eigenvalue weighted by atomic mass is 15.1. The molecule has 0 spiro atoms. The molecule has 0 aliphatic heterocycles. The molecule has 0 fully saturated rings. The van der Waals surface area contributed by atoms with Gasteiger partial charge in [0.2, 0.25) is 0 Å². The minimum atomic E-state index is 0.903. The second-order valence-electron chi connectivity index (χ2n) is 6.05. The topological polar surface area (TPSA) is 3.24 Å². The fourth-order valence-electron chi connectivity index (χ4n) is 2.83. The van der Waals surface area contributed by atoms with E-state index in [1.807, 2.05) is 0 Å². The third-order valence-corrected chi connectivity index (χ3v) is 4.06. The summed E-state index contributed by atoms with van der Waals surface area (Å²) in [6.07, 6.45) is 2.27. The van der Waals surface area contributed by atoms with Crippen molar-refractivity contribution in [3.63, 3.8) is 0 Å². The Hall–Kier alpha value is -2.80. The van der Waals surface area contributed by atoms with Crippen LogP contribution in [0.25, 0.3) is 5.57 Å². The Kier molecular flexibility index (Phi) is 5.47. The predicted octanol–water partition coefficient (Wildman–Crippen LogP) is 5.75. The zero-order valence-corrected chi connectivity index (χ0v) is 14.1. The zero-order valence-electron chi connectivity index (χ0n) is 14.1. The molecule has 3 aromatic rings. The monoisotopic (exact) mass is 313 g/mol. The van der Waals surface area contributed by atoms with Gasteiger partial charge >= 0.3 is 0 Å². The minimum Gasteiger partial charge on any atom is -0.369 e. The average Bonchev–Trinajstić information content (AvgIpc) is 2.64. The lowest BCUT2D eigenvalue weighted by Crippen LogP contribution is -2.17. The van der Waals surface area contributed by atoms with E-state index in [1.165, 1.54) is 22.3 Å². The molecule has 1 heteroatoms. The van der Waals surface area contributed by atoms with E-state index < -0.39 is 0 Å². The molecule has 0 aromatic heterocycles. The number of benzene rings is 3. The Balaban J connectivity index is 1.83. The maximum atomic E-state index is 2.38. The first-order chi connectivity index (χ1) is 11.8. The van der Waals surface area contributed by atoms with Crippen molar-refractivity contribution in [2.45, 2.75) is 20.0 Å². The molecular weight excluding hydrogens is 290 g/mol. The summed E-state index contributed by atoms with van der Waals surface area (Å²) in [4.78, 5) is 2.38. The first kappa shape index (κ1) is 16.1. The van der Waals surface area contributed by atoms with Crippen molar-refractivity contribution in [2.75, 3.05) is 0 Å². The molecule has 0 radical (unpaired) electrons. The van der Waals surface area contributed by atoms with E-state index in [1.54, 1.807) is 0 Å². The molecule has 0 aliphatic rings. The molecule has 0 heterocycles. The van der Waals surface area contributed by atoms with Gasteiger partial charge in [-0.1, -0.05) is 91.0 Å². The summed E-state index contributed by atoms with van der Waals surface area (Å²) in [5, 5.41) is 0. The van der Waals surface area contributed by atoms with Crippen LogP contribution in [0.15, 0.2) is 97.2 Å². The first-order valence-electron chi connectivity index (χ1n) is 8.37. The van der Waals surface area contributed by atoms with Crippen LogP contribution in [0.3, 0.4) is 0 Å². The number of nitrogens with zero attached hydrogens (tertiary/aromatic N) is 1. The fourth-order valence-corrected chi connectivity index (χ4v) is 2.83. The van der Waals surface area contributed by atoms with Crippen LogP contribution >= 0.6 is 0 Å². The van der Waals surface area contributed by atoms with E-state index in [4.69, 9.17) is 0 Å². The molecule has 0 N–H and O–H groups in total. The second-order valence-corrected chi connectivity index (χ2v) is 6.05. The highest BCUT2D eigenvalue weighted by Crippen LogP contribution is 2.17. The molecule has 0 unspecified atom stereocenters. The molecule has 0 aliphatic carbocycles. The van der Waals surface area contributed by atoms with Crippen LogP contribution in [-0.4, -0.2) is 4.90 Å². The quantitative estimate of drug-likeness (QED) is 0.560.